The van der Waals surface area contributed by atoms with Crippen molar-refractivity contribution in [1.29, 1.82) is 0 Å². The van der Waals surface area contributed by atoms with E-state index in [0.717, 1.165) is 48.6 Å². The van der Waals surface area contributed by atoms with Gasteiger partial charge in [0, 0.05) is 29.6 Å². The van der Waals surface area contributed by atoms with Gasteiger partial charge in [0.1, 0.15) is 16.8 Å². The highest BCUT2D eigenvalue weighted by Crippen LogP contribution is 2.39. The Kier molecular flexibility index (Phi) is 4.34. The van der Waals surface area contributed by atoms with Crippen LogP contribution >= 0.6 is 11.6 Å². The van der Waals surface area contributed by atoms with Crippen molar-refractivity contribution in [1.82, 2.24) is 9.97 Å². The molecule has 130 valence electrons. The molecular weight excluding hydrogens is 336 g/mol. The Hall–Kier alpha value is -2.14. The number of hydrogen-bond donors (Lipinski definition) is 2. The van der Waals surface area contributed by atoms with Crippen molar-refractivity contribution in [3.8, 4) is 0 Å². The van der Waals surface area contributed by atoms with Crippen LogP contribution in [-0.4, -0.2) is 15.9 Å². The number of halogens is 1. The van der Waals surface area contributed by atoms with Gasteiger partial charge in [0.25, 0.3) is 0 Å². The molecule has 0 saturated heterocycles. The first kappa shape index (κ1) is 16.3. The van der Waals surface area contributed by atoms with E-state index >= 15 is 0 Å². The van der Waals surface area contributed by atoms with Crippen LogP contribution in [0.5, 0.6) is 0 Å². The molecule has 0 radical (unpaired) electrons. The molecule has 0 bridgehead atoms. The fraction of sp³-hybridized carbons (Fsp3) is 0.421. The zero-order valence-electron chi connectivity index (χ0n) is 14.1. The van der Waals surface area contributed by atoms with Crippen LogP contribution in [0.3, 0.4) is 0 Å². The minimum atomic E-state index is 0.0752. The third-order valence-electron chi connectivity index (χ3n) is 4.65. The molecule has 5 nitrogen and oxygen atoms in total. The lowest BCUT2D eigenvalue weighted by Crippen LogP contribution is -2.13. The van der Waals surface area contributed by atoms with Gasteiger partial charge in [-0.25, -0.2) is 9.97 Å². The summed E-state index contributed by atoms with van der Waals surface area (Å²) in [4.78, 5) is 20.7. The average Bonchev–Trinajstić information content (AvgIpc) is 3.48. The smallest absolute Gasteiger partial charge is 0.227 e. The van der Waals surface area contributed by atoms with Gasteiger partial charge in [-0.15, -0.1) is 0 Å². The van der Waals surface area contributed by atoms with E-state index in [9.17, 15) is 4.79 Å². The number of hydrogen-bond acceptors (Lipinski definition) is 4. The summed E-state index contributed by atoms with van der Waals surface area (Å²) in [6.45, 7) is 2.07. The molecule has 1 unspecified atom stereocenters. The lowest BCUT2D eigenvalue weighted by molar-refractivity contribution is -0.117. The highest BCUT2D eigenvalue weighted by atomic mass is 35.5. The largest absolute Gasteiger partial charge is 0.363 e. The molecular formula is C19H21ClN4O. The van der Waals surface area contributed by atoms with Gasteiger partial charge in [-0.05, 0) is 50.3 Å². The van der Waals surface area contributed by atoms with E-state index in [0.29, 0.717) is 11.1 Å². The van der Waals surface area contributed by atoms with Gasteiger partial charge < -0.3 is 10.6 Å². The van der Waals surface area contributed by atoms with Gasteiger partial charge in [-0.3, -0.25) is 4.79 Å². The number of nitrogens with one attached hydrogen (secondary N) is 2. The molecule has 0 spiro atoms. The molecule has 1 atom stereocenters. The van der Waals surface area contributed by atoms with Gasteiger partial charge in [-0.1, -0.05) is 23.7 Å². The number of anilines is 2. The molecule has 1 aromatic carbocycles. The number of rotatable bonds is 6. The van der Waals surface area contributed by atoms with Crippen molar-refractivity contribution in [2.75, 3.05) is 10.6 Å². The number of carbonyl (C=O) groups is 1. The molecule has 2 saturated carbocycles. The summed E-state index contributed by atoms with van der Waals surface area (Å²) in [7, 11) is 0. The zero-order chi connectivity index (χ0) is 17.4. The molecule has 6 heteroatoms. The van der Waals surface area contributed by atoms with Crippen LogP contribution in [0.1, 0.15) is 56.0 Å². The Bertz CT molecular complexity index is 785. The third-order valence-corrected chi connectivity index (χ3v) is 4.84. The second-order valence-electron chi connectivity index (χ2n) is 6.96. The maximum atomic E-state index is 11.8. The maximum Gasteiger partial charge on any atom is 0.227 e. The monoisotopic (exact) mass is 356 g/mol. The van der Waals surface area contributed by atoms with Crippen molar-refractivity contribution in [2.24, 2.45) is 5.92 Å². The summed E-state index contributed by atoms with van der Waals surface area (Å²) in [5, 5.41) is 6.82. The van der Waals surface area contributed by atoms with Gasteiger partial charge >= 0.3 is 0 Å². The third kappa shape index (κ3) is 4.10. The van der Waals surface area contributed by atoms with Crippen LogP contribution < -0.4 is 10.6 Å². The van der Waals surface area contributed by atoms with Crippen molar-refractivity contribution in [3.63, 3.8) is 0 Å². The highest BCUT2D eigenvalue weighted by molar-refractivity contribution is 6.29. The minimum Gasteiger partial charge on any atom is -0.363 e. The predicted octanol–water partition coefficient (Wildman–Crippen LogP) is 4.53. The molecule has 1 heterocycles. The number of carbonyl (C=O) groups excluding carboxylic acids is 1. The van der Waals surface area contributed by atoms with Gasteiger partial charge in [0.15, 0.2) is 0 Å². The van der Waals surface area contributed by atoms with Crippen LogP contribution in [0.25, 0.3) is 0 Å². The predicted molar refractivity (Wildman–Crippen MR) is 98.9 cm³/mol. The Morgan fingerprint density at radius 3 is 2.52 bits per heavy atom. The van der Waals surface area contributed by atoms with Crippen molar-refractivity contribution < 1.29 is 4.79 Å². The Morgan fingerprint density at radius 1 is 1.16 bits per heavy atom. The number of benzene rings is 1. The van der Waals surface area contributed by atoms with Crippen molar-refractivity contribution in [3.05, 3.63) is 46.9 Å². The molecule has 0 aliphatic heterocycles. The summed E-state index contributed by atoms with van der Waals surface area (Å²) in [6.07, 6.45) is 4.30. The topological polar surface area (TPSA) is 66.9 Å². The second kappa shape index (κ2) is 6.64. The van der Waals surface area contributed by atoms with Crippen LogP contribution in [0.2, 0.25) is 5.15 Å². The first-order valence-electron chi connectivity index (χ1n) is 8.80. The molecule has 1 aromatic heterocycles. The van der Waals surface area contributed by atoms with Crippen molar-refractivity contribution >= 4 is 29.0 Å². The van der Waals surface area contributed by atoms with E-state index in [1.165, 1.54) is 0 Å². The average molecular weight is 357 g/mol. The van der Waals surface area contributed by atoms with Gasteiger partial charge in [-0.2, -0.15) is 0 Å². The molecule has 2 fully saturated rings. The molecule has 4 rings (SSSR count). The van der Waals surface area contributed by atoms with Crippen LogP contribution in [-0.2, 0) is 4.79 Å². The normalized spacial score (nSPS) is 17.8. The van der Waals surface area contributed by atoms with E-state index in [4.69, 9.17) is 11.6 Å². The Balaban J connectivity index is 1.42. The lowest BCUT2D eigenvalue weighted by atomic mass is 10.1. The van der Waals surface area contributed by atoms with Crippen molar-refractivity contribution in [2.45, 2.75) is 44.6 Å². The summed E-state index contributed by atoms with van der Waals surface area (Å²) in [5.41, 5.74) is 1.96. The molecule has 2 aliphatic carbocycles. The lowest BCUT2D eigenvalue weighted by Gasteiger charge is -2.16. The van der Waals surface area contributed by atoms with Gasteiger partial charge in [0.05, 0.1) is 0 Å². The minimum absolute atomic E-state index is 0.0752. The fourth-order valence-electron chi connectivity index (χ4n) is 2.78. The Morgan fingerprint density at radius 2 is 1.88 bits per heavy atom. The summed E-state index contributed by atoms with van der Waals surface area (Å²) >= 11 is 6.12. The standard InChI is InChI=1S/C19H21ClN4O/c1-11(21-17-10-16(20)23-18(24-17)13-2-3-13)12-6-8-15(9-7-12)22-19(25)14-4-5-14/h6-11,13-14H,2-5H2,1H3,(H,22,25)(H,21,23,24). The molecule has 25 heavy (non-hydrogen) atoms. The molecule has 2 aliphatic rings. The van der Waals surface area contributed by atoms with E-state index in [-0.39, 0.29) is 17.9 Å². The molecule has 2 aromatic rings. The highest BCUT2D eigenvalue weighted by Gasteiger charge is 2.29. The number of nitrogens with zero attached hydrogens (tertiary/aromatic N) is 2. The van der Waals surface area contributed by atoms with Gasteiger partial charge in [0.2, 0.25) is 5.91 Å². The first-order valence-corrected chi connectivity index (χ1v) is 9.18. The molecule has 2 N–H and O–H groups in total. The van der Waals surface area contributed by atoms with Crippen LogP contribution in [0.15, 0.2) is 30.3 Å². The fourth-order valence-corrected chi connectivity index (χ4v) is 2.97. The van der Waals surface area contributed by atoms with E-state index < -0.39 is 0 Å². The summed E-state index contributed by atoms with van der Waals surface area (Å²) in [6, 6.07) is 9.75. The zero-order valence-corrected chi connectivity index (χ0v) is 14.9. The van der Waals surface area contributed by atoms with Crippen LogP contribution in [0.4, 0.5) is 11.5 Å². The quantitative estimate of drug-likeness (QED) is 0.746. The maximum absolute atomic E-state index is 11.8. The van der Waals surface area contributed by atoms with E-state index in [1.54, 1.807) is 6.07 Å². The second-order valence-corrected chi connectivity index (χ2v) is 7.35. The Labute approximate surface area is 152 Å². The number of aromatic nitrogens is 2. The van der Waals surface area contributed by atoms with Crippen LogP contribution in [0, 0.1) is 5.92 Å². The van der Waals surface area contributed by atoms with E-state index in [1.807, 2.05) is 24.3 Å². The number of amides is 1. The summed E-state index contributed by atoms with van der Waals surface area (Å²) in [5.74, 6) is 2.38. The van der Waals surface area contributed by atoms with E-state index in [2.05, 4.69) is 27.5 Å². The first-order chi connectivity index (χ1) is 12.1. The molecule has 1 amide bonds. The summed E-state index contributed by atoms with van der Waals surface area (Å²) < 4.78 is 0. The SMILES string of the molecule is CC(Nc1cc(Cl)nc(C2CC2)n1)c1ccc(NC(=O)C2CC2)cc1.